The summed E-state index contributed by atoms with van der Waals surface area (Å²) in [6, 6.07) is 4.57. The Bertz CT molecular complexity index is 321. The molecule has 1 nitrogen and oxygen atoms in total. The summed E-state index contributed by atoms with van der Waals surface area (Å²) < 4.78 is 1.11. The molecule has 1 atom stereocenters. The van der Waals surface area contributed by atoms with Crippen LogP contribution in [0.2, 0.25) is 0 Å². The van der Waals surface area contributed by atoms with Gasteiger partial charge in [0.15, 0.2) is 0 Å². The van der Waals surface area contributed by atoms with Gasteiger partial charge in [-0.3, -0.25) is 0 Å². The summed E-state index contributed by atoms with van der Waals surface area (Å²) >= 11 is 3.56. The first-order valence-electron chi connectivity index (χ1n) is 4.70. The summed E-state index contributed by atoms with van der Waals surface area (Å²) in [5, 5.41) is 3.39. The molecule has 0 aliphatic carbocycles. The Morgan fingerprint density at radius 1 is 1.43 bits per heavy atom. The van der Waals surface area contributed by atoms with Crippen molar-refractivity contribution in [1.29, 1.82) is 0 Å². The number of hydrogen-bond acceptors (Lipinski definition) is 1. The first kappa shape index (κ1) is 11.3. The van der Waals surface area contributed by atoms with E-state index in [0.29, 0.717) is 0 Å². The van der Waals surface area contributed by atoms with E-state index in [-0.39, 0.29) is 6.04 Å². The minimum absolute atomic E-state index is 0.285. The summed E-state index contributed by atoms with van der Waals surface area (Å²) in [6.07, 6.45) is 1.89. The number of anilines is 1. The number of hydrogen-bond donors (Lipinski definition) is 1. The van der Waals surface area contributed by atoms with Gasteiger partial charge in [-0.1, -0.05) is 12.1 Å². The van der Waals surface area contributed by atoms with Crippen LogP contribution in [0.3, 0.4) is 0 Å². The number of benzene rings is 1. The van der Waals surface area contributed by atoms with Crippen molar-refractivity contribution >= 4 is 21.6 Å². The topological polar surface area (TPSA) is 12.0 Å². The predicted octanol–water partition coefficient (Wildman–Crippen LogP) is 4.05. The highest BCUT2D eigenvalue weighted by atomic mass is 79.9. The van der Waals surface area contributed by atoms with Crippen LogP contribution in [0, 0.1) is 13.8 Å². The van der Waals surface area contributed by atoms with Gasteiger partial charge in [0, 0.05) is 10.5 Å². The Morgan fingerprint density at radius 2 is 2.07 bits per heavy atom. The second-order valence-corrected chi connectivity index (χ2v) is 4.46. The van der Waals surface area contributed by atoms with E-state index in [1.165, 1.54) is 11.1 Å². The van der Waals surface area contributed by atoms with E-state index in [1.807, 2.05) is 6.08 Å². The highest BCUT2D eigenvalue weighted by molar-refractivity contribution is 9.10. The molecular formula is C12H16BrN. The quantitative estimate of drug-likeness (QED) is 0.802. The number of halogens is 1. The van der Waals surface area contributed by atoms with Crippen LogP contribution >= 0.6 is 15.9 Å². The Labute approximate surface area is 94.3 Å². The van der Waals surface area contributed by atoms with E-state index in [0.717, 1.165) is 10.2 Å². The molecule has 76 valence electrons. The molecule has 0 fully saturated rings. The lowest BCUT2D eigenvalue weighted by atomic mass is 10.1. The van der Waals surface area contributed by atoms with E-state index in [4.69, 9.17) is 0 Å². The predicted molar refractivity (Wildman–Crippen MR) is 66.9 cm³/mol. The maximum atomic E-state index is 3.76. The van der Waals surface area contributed by atoms with Crippen molar-refractivity contribution in [3.63, 3.8) is 0 Å². The van der Waals surface area contributed by atoms with Crippen molar-refractivity contribution in [1.82, 2.24) is 0 Å². The second kappa shape index (κ2) is 4.65. The van der Waals surface area contributed by atoms with Gasteiger partial charge < -0.3 is 5.32 Å². The molecule has 0 amide bonds. The van der Waals surface area contributed by atoms with E-state index in [9.17, 15) is 0 Å². The number of aryl methyl sites for hydroxylation is 2. The minimum atomic E-state index is 0.285. The average Bonchev–Trinajstić information content (AvgIpc) is 2.10. The molecule has 0 aliphatic heterocycles. The Hall–Kier alpha value is -0.760. The molecule has 1 unspecified atom stereocenters. The van der Waals surface area contributed by atoms with Gasteiger partial charge in [0.25, 0.3) is 0 Å². The fraction of sp³-hybridized carbons (Fsp3) is 0.333. The molecule has 14 heavy (non-hydrogen) atoms. The summed E-state index contributed by atoms with van der Waals surface area (Å²) in [5.41, 5.74) is 3.68. The molecular weight excluding hydrogens is 238 g/mol. The van der Waals surface area contributed by atoms with Crippen molar-refractivity contribution in [2.45, 2.75) is 26.8 Å². The third-order valence-corrected chi connectivity index (χ3v) is 2.78. The molecule has 1 aromatic rings. The Kier molecular flexibility index (Phi) is 3.76. The van der Waals surface area contributed by atoms with E-state index < -0.39 is 0 Å². The molecule has 1 aromatic carbocycles. The smallest absolute Gasteiger partial charge is 0.0519 e. The highest BCUT2D eigenvalue weighted by Crippen LogP contribution is 2.28. The highest BCUT2D eigenvalue weighted by Gasteiger charge is 2.05. The lowest BCUT2D eigenvalue weighted by molar-refractivity contribution is 0.995. The summed E-state index contributed by atoms with van der Waals surface area (Å²) in [4.78, 5) is 0. The van der Waals surface area contributed by atoms with Gasteiger partial charge in [-0.2, -0.15) is 0 Å². The first-order valence-corrected chi connectivity index (χ1v) is 5.49. The van der Waals surface area contributed by atoms with Crippen LogP contribution in [-0.2, 0) is 0 Å². The molecule has 0 aliphatic rings. The minimum Gasteiger partial charge on any atom is -0.378 e. The molecule has 0 heterocycles. The van der Waals surface area contributed by atoms with Crippen LogP contribution in [0.25, 0.3) is 0 Å². The normalized spacial score (nSPS) is 12.3. The van der Waals surface area contributed by atoms with Crippen LogP contribution in [0.1, 0.15) is 18.1 Å². The van der Waals surface area contributed by atoms with Crippen LogP contribution in [0.4, 0.5) is 5.69 Å². The van der Waals surface area contributed by atoms with Gasteiger partial charge in [0.2, 0.25) is 0 Å². The van der Waals surface area contributed by atoms with E-state index in [1.54, 1.807) is 0 Å². The van der Waals surface area contributed by atoms with Gasteiger partial charge in [0.1, 0.15) is 0 Å². The van der Waals surface area contributed by atoms with Gasteiger partial charge in [-0.25, -0.2) is 0 Å². The fourth-order valence-electron chi connectivity index (χ4n) is 1.39. The lowest BCUT2D eigenvalue weighted by Gasteiger charge is -2.16. The van der Waals surface area contributed by atoms with Crippen molar-refractivity contribution in [2.75, 3.05) is 5.32 Å². The zero-order chi connectivity index (χ0) is 10.7. The van der Waals surface area contributed by atoms with Gasteiger partial charge in [-0.15, -0.1) is 6.58 Å². The third-order valence-electron chi connectivity index (χ3n) is 2.16. The summed E-state index contributed by atoms with van der Waals surface area (Å²) in [5.74, 6) is 0. The third kappa shape index (κ3) is 2.61. The molecule has 0 spiro atoms. The first-order chi connectivity index (χ1) is 6.54. The molecule has 2 heteroatoms. The molecule has 1 rings (SSSR count). The van der Waals surface area contributed by atoms with Gasteiger partial charge in [-0.05, 0) is 53.9 Å². The van der Waals surface area contributed by atoms with Crippen LogP contribution < -0.4 is 5.32 Å². The van der Waals surface area contributed by atoms with Crippen molar-refractivity contribution in [2.24, 2.45) is 0 Å². The zero-order valence-electron chi connectivity index (χ0n) is 8.89. The van der Waals surface area contributed by atoms with E-state index >= 15 is 0 Å². The van der Waals surface area contributed by atoms with E-state index in [2.05, 4.69) is 60.7 Å². The molecule has 0 radical (unpaired) electrons. The maximum Gasteiger partial charge on any atom is 0.0519 e. The standard InChI is InChI=1S/C12H16BrN/c1-5-10(4)14-12-9(3)6-8(2)7-11(12)13/h5-7,10,14H,1H2,2-4H3. The Morgan fingerprint density at radius 3 is 2.57 bits per heavy atom. The fourth-order valence-corrected chi connectivity index (χ4v) is 2.17. The summed E-state index contributed by atoms with van der Waals surface area (Å²) in [6.45, 7) is 10.0. The average molecular weight is 254 g/mol. The summed E-state index contributed by atoms with van der Waals surface area (Å²) in [7, 11) is 0. The zero-order valence-corrected chi connectivity index (χ0v) is 10.5. The molecule has 0 bridgehead atoms. The number of nitrogens with one attached hydrogen (secondary N) is 1. The molecule has 0 aromatic heterocycles. The van der Waals surface area contributed by atoms with Crippen molar-refractivity contribution < 1.29 is 0 Å². The lowest BCUT2D eigenvalue weighted by Crippen LogP contribution is -2.12. The monoisotopic (exact) mass is 253 g/mol. The number of rotatable bonds is 3. The molecule has 1 N–H and O–H groups in total. The Balaban J connectivity index is 3.02. The van der Waals surface area contributed by atoms with Crippen LogP contribution in [-0.4, -0.2) is 6.04 Å². The second-order valence-electron chi connectivity index (χ2n) is 3.61. The van der Waals surface area contributed by atoms with Crippen LogP contribution in [0.15, 0.2) is 29.3 Å². The van der Waals surface area contributed by atoms with Crippen LogP contribution in [0.5, 0.6) is 0 Å². The van der Waals surface area contributed by atoms with Gasteiger partial charge in [0.05, 0.1) is 5.69 Å². The molecule has 0 saturated carbocycles. The van der Waals surface area contributed by atoms with Gasteiger partial charge >= 0.3 is 0 Å². The SMILES string of the molecule is C=CC(C)Nc1c(C)cc(C)cc1Br. The maximum absolute atomic E-state index is 3.76. The molecule has 0 saturated heterocycles. The van der Waals surface area contributed by atoms with Crippen molar-refractivity contribution in [3.05, 3.63) is 40.4 Å². The van der Waals surface area contributed by atoms with Crippen molar-refractivity contribution in [3.8, 4) is 0 Å². The largest absolute Gasteiger partial charge is 0.378 e.